The molecule has 0 aliphatic carbocycles. The molecule has 0 aliphatic rings. The second-order valence-electron chi connectivity index (χ2n) is 7.88. The van der Waals surface area contributed by atoms with E-state index in [9.17, 15) is 19.2 Å². The van der Waals surface area contributed by atoms with Gasteiger partial charge in [0.15, 0.2) is 0 Å². The number of aliphatic hydroxyl groups excluding tert-OH is 2. The first-order valence-electron chi connectivity index (χ1n) is 13.0. The van der Waals surface area contributed by atoms with Gasteiger partial charge in [-0.3, -0.25) is 9.59 Å². The Hall–Kier alpha value is -3.24. The third-order valence-electron chi connectivity index (χ3n) is 4.82. The summed E-state index contributed by atoms with van der Waals surface area (Å²) in [6.45, 7) is 11.8. The Morgan fingerprint density at radius 2 is 1.03 bits per heavy atom. The average molecular weight is 539 g/mol. The fourth-order valence-electron chi connectivity index (χ4n) is 2.79. The molecule has 0 radical (unpaired) electrons. The summed E-state index contributed by atoms with van der Waals surface area (Å²) in [5.74, 6) is -1.26. The van der Waals surface area contributed by atoms with Crippen LogP contribution < -0.4 is 0 Å². The normalized spacial score (nSPS) is 10.4. The summed E-state index contributed by atoms with van der Waals surface area (Å²) in [6, 6.07) is 0. The van der Waals surface area contributed by atoms with Gasteiger partial charge >= 0.3 is 11.9 Å². The van der Waals surface area contributed by atoms with Crippen LogP contribution in [0.1, 0.15) is 52.4 Å². The molecule has 0 aromatic rings. The van der Waals surface area contributed by atoms with Gasteiger partial charge in [0.25, 0.3) is 0 Å². The van der Waals surface area contributed by atoms with Crippen LogP contribution >= 0.6 is 0 Å². The summed E-state index contributed by atoms with van der Waals surface area (Å²) >= 11 is 0. The van der Waals surface area contributed by atoms with E-state index in [1.54, 1.807) is 0 Å². The van der Waals surface area contributed by atoms with Crippen LogP contribution in [0, 0.1) is 0 Å². The first-order chi connectivity index (χ1) is 18.3. The van der Waals surface area contributed by atoms with Crippen LogP contribution in [0.15, 0.2) is 49.6 Å². The van der Waals surface area contributed by atoms with Crippen LogP contribution in [-0.2, 0) is 28.7 Å². The quantitative estimate of drug-likeness (QED) is 0.137. The van der Waals surface area contributed by atoms with Crippen molar-refractivity contribution in [1.29, 1.82) is 0 Å². The number of hydrogen-bond acceptors (Lipinski definition) is 8. The summed E-state index contributed by atoms with van der Waals surface area (Å²) in [5, 5.41) is 17.5. The van der Waals surface area contributed by atoms with E-state index in [1.165, 1.54) is 9.80 Å². The number of ether oxygens (including phenoxy) is 2. The van der Waals surface area contributed by atoms with E-state index in [0.29, 0.717) is 19.5 Å². The Kier molecular flexibility index (Phi) is 26.0. The molecule has 10 nitrogen and oxygen atoms in total. The molecule has 38 heavy (non-hydrogen) atoms. The number of carbonyl (C=O) groups excluding carboxylic acids is 4. The Morgan fingerprint density at radius 3 is 1.34 bits per heavy atom. The summed E-state index contributed by atoms with van der Waals surface area (Å²) in [7, 11) is 0. The van der Waals surface area contributed by atoms with E-state index in [-0.39, 0.29) is 57.8 Å². The SMILES string of the molecule is C=CC(=O)OCCN(CCOC(=O)C=C)C(=O)C/C=C\CCC.CCC/C=C\CC(=O)N(CCO)CCO. The molecule has 0 unspecified atom stereocenters. The third kappa shape index (κ3) is 22.0. The van der Waals surface area contributed by atoms with Gasteiger partial charge in [-0.15, -0.1) is 0 Å². The topological polar surface area (TPSA) is 134 Å². The smallest absolute Gasteiger partial charge is 0.330 e. The molecule has 0 saturated carbocycles. The molecule has 0 fully saturated rings. The summed E-state index contributed by atoms with van der Waals surface area (Å²) in [5.41, 5.74) is 0. The number of nitrogens with zero attached hydrogens (tertiary/aromatic N) is 2. The van der Waals surface area contributed by atoms with Crippen molar-refractivity contribution < 1.29 is 38.9 Å². The maximum Gasteiger partial charge on any atom is 0.330 e. The Labute approximate surface area is 227 Å². The third-order valence-corrected chi connectivity index (χ3v) is 4.82. The molecule has 0 saturated heterocycles. The molecule has 216 valence electrons. The molecule has 0 aromatic carbocycles. The van der Waals surface area contributed by atoms with Crippen molar-refractivity contribution in [3.05, 3.63) is 49.6 Å². The molecule has 10 heteroatoms. The lowest BCUT2D eigenvalue weighted by molar-refractivity contribution is -0.142. The maximum atomic E-state index is 12.2. The zero-order valence-corrected chi connectivity index (χ0v) is 23.0. The zero-order valence-electron chi connectivity index (χ0n) is 23.0. The van der Waals surface area contributed by atoms with Crippen LogP contribution in [0.5, 0.6) is 0 Å². The largest absolute Gasteiger partial charge is 0.461 e. The van der Waals surface area contributed by atoms with E-state index in [1.807, 2.05) is 24.3 Å². The fraction of sp³-hybridized carbons (Fsp3) is 0.571. The molecule has 2 N–H and O–H groups in total. The maximum absolute atomic E-state index is 12.2. The molecule has 0 aliphatic heterocycles. The van der Waals surface area contributed by atoms with Crippen LogP contribution in [0.25, 0.3) is 0 Å². The van der Waals surface area contributed by atoms with E-state index in [4.69, 9.17) is 19.7 Å². The van der Waals surface area contributed by atoms with Gasteiger partial charge in [0.2, 0.25) is 11.8 Å². The van der Waals surface area contributed by atoms with Gasteiger partial charge in [0.05, 0.1) is 26.3 Å². The highest BCUT2D eigenvalue weighted by atomic mass is 16.5. The van der Waals surface area contributed by atoms with Gasteiger partial charge in [-0.1, -0.05) is 64.2 Å². The molecule has 0 bridgehead atoms. The number of amides is 2. The summed E-state index contributed by atoms with van der Waals surface area (Å²) in [4.78, 5) is 48.7. The minimum atomic E-state index is -0.543. The van der Waals surface area contributed by atoms with Crippen LogP contribution in [0.3, 0.4) is 0 Å². The highest BCUT2D eigenvalue weighted by molar-refractivity contribution is 5.82. The number of rotatable bonds is 20. The molecule has 0 rings (SSSR count). The van der Waals surface area contributed by atoms with Crippen LogP contribution in [-0.4, -0.2) is 96.4 Å². The predicted molar refractivity (Wildman–Crippen MR) is 147 cm³/mol. The van der Waals surface area contributed by atoms with Gasteiger partial charge in [-0.05, 0) is 12.8 Å². The van der Waals surface area contributed by atoms with Gasteiger partial charge in [-0.2, -0.15) is 0 Å². The lowest BCUT2D eigenvalue weighted by Gasteiger charge is -2.21. The second-order valence-corrected chi connectivity index (χ2v) is 7.88. The minimum absolute atomic E-state index is 0.0505. The molecule has 0 aromatic heterocycles. The van der Waals surface area contributed by atoms with Crippen molar-refractivity contribution in [2.24, 2.45) is 0 Å². The monoisotopic (exact) mass is 538 g/mol. The highest BCUT2D eigenvalue weighted by Gasteiger charge is 2.13. The molecular formula is C28H46N2O8. The number of esters is 2. The first-order valence-corrected chi connectivity index (χ1v) is 13.0. The number of hydrogen-bond donors (Lipinski definition) is 2. The highest BCUT2D eigenvalue weighted by Crippen LogP contribution is 2.00. The Morgan fingerprint density at radius 1 is 0.658 bits per heavy atom. The van der Waals surface area contributed by atoms with Crippen molar-refractivity contribution in [2.45, 2.75) is 52.4 Å². The van der Waals surface area contributed by atoms with E-state index in [0.717, 1.165) is 37.8 Å². The second kappa shape index (κ2) is 26.8. The van der Waals surface area contributed by atoms with Crippen molar-refractivity contribution in [2.75, 3.05) is 52.6 Å². The summed E-state index contributed by atoms with van der Waals surface area (Å²) < 4.78 is 9.74. The van der Waals surface area contributed by atoms with Gasteiger partial charge in [0.1, 0.15) is 13.2 Å². The Balaban J connectivity index is 0. The van der Waals surface area contributed by atoms with E-state index < -0.39 is 11.9 Å². The number of aliphatic hydroxyl groups is 2. The number of unbranched alkanes of at least 4 members (excludes halogenated alkanes) is 2. The van der Waals surface area contributed by atoms with Crippen LogP contribution in [0.4, 0.5) is 0 Å². The number of carbonyl (C=O) groups is 4. The van der Waals surface area contributed by atoms with Gasteiger partial charge in [0, 0.05) is 38.1 Å². The average Bonchev–Trinajstić information content (AvgIpc) is 2.92. The Bertz CT molecular complexity index is 717. The molecule has 2 amide bonds. The zero-order chi connectivity index (χ0) is 29.0. The predicted octanol–water partition coefficient (Wildman–Crippen LogP) is 2.57. The molecule has 0 atom stereocenters. The fourth-order valence-corrected chi connectivity index (χ4v) is 2.79. The molecule has 0 heterocycles. The van der Waals surface area contributed by atoms with Gasteiger partial charge < -0.3 is 29.5 Å². The van der Waals surface area contributed by atoms with Crippen LogP contribution in [0.2, 0.25) is 0 Å². The van der Waals surface area contributed by atoms with Gasteiger partial charge in [-0.25, -0.2) is 9.59 Å². The molecule has 0 spiro atoms. The minimum Gasteiger partial charge on any atom is -0.461 e. The standard InChI is InChI=1S/C17H25NO5.C11H21NO3/c1-4-7-8-9-10-15(19)18(11-13-22-16(20)5-2)12-14-23-17(21)6-3;1-2-3-4-5-6-11(15)12(7-9-13)8-10-14/h5-6,8-9H,2-4,7,10-14H2,1H3;4-5,13-14H,2-3,6-10H2,1H3/b9-8-;5-4-. The van der Waals surface area contributed by atoms with Crippen molar-refractivity contribution in [3.63, 3.8) is 0 Å². The summed E-state index contributed by atoms with van der Waals surface area (Å²) in [6.07, 6.45) is 14.3. The van der Waals surface area contributed by atoms with E-state index >= 15 is 0 Å². The van der Waals surface area contributed by atoms with Crippen molar-refractivity contribution in [1.82, 2.24) is 9.80 Å². The molecular weight excluding hydrogens is 492 g/mol. The lowest BCUT2D eigenvalue weighted by Crippen LogP contribution is -2.37. The van der Waals surface area contributed by atoms with E-state index in [2.05, 4.69) is 27.0 Å². The van der Waals surface area contributed by atoms with Crippen molar-refractivity contribution in [3.8, 4) is 0 Å². The lowest BCUT2D eigenvalue weighted by atomic mass is 10.2. The van der Waals surface area contributed by atoms with Crippen molar-refractivity contribution >= 4 is 23.8 Å². The number of allylic oxidation sites excluding steroid dienone is 2. The first kappa shape index (κ1) is 36.9.